The number of carbonyl (C=O) groups is 1. The number of benzene rings is 2. The molecule has 7 rings (SSSR count). The van der Waals surface area contributed by atoms with Crippen molar-refractivity contribution in [3.8, 4) is 0 Å². The molecule has 1 amide bonds. The highest BCUT2D eigenvalue weighted by molar-refractivity contribution is 6.04. The van der Waals surface area contributed by atoms with Gasteiger partial charge in [0.05, 0.1) is 5.52 Å². The van der Waals surface area contributed by atoms with Crippen LogP contribution in [-0.2, 0) is 5.41 Å². The Bertz CT molecular complexity index is 1190. The second-order valence-corrected chi connectivity index (χ2v) is 9.14. The van der Waals surface area contributed by atoms with Crippen LogP contribution in [0.5, 0.6) is 0 Å². The summed E-state index contributed by atoms with van der Waals surface area (Å²) in [5, 5.41) is 4.03. The molecule has 1 aromatic heterocycles. The maximum Gasteiger partial charge on any atom is 0.346 e. The van der Waals surface area contributed by atoms with Crippen molar-refractivity contribution >= 4 is 16.8 Å². The summed E-state index contributed by atoms with van der Waals surface area (Å²) in [6.45, 7) is 5.98. The van der Waals surface area contributed by atoms with E-state index in [2.05, 4.69) is 49.4 Å². The smallest absolute Gasteiger partial charge is 0.346 e. The Labute approximate surface area is 180 Å². The Hall–Kier alpha value is -3.03. The SMILES string of the molecule is O=C(NC1C2CN3CCN(C2)CC1(c1ccccc1)C3)c1nc(=O)[nH]c2ccccc12. The van der Waals surface area contributed by atoms with Crippen LogP contribution >= 0.6 is 0 Å². The molecule has 4 fully saturated rings. The first-order valence-electron chi connectivity index (χ1n) is 10.9. The number of aromatic amines is 1. The van der Waals surface area contributed by atoms with Gasteiger partial charge in [-0.3, -0.25) is 4.79 Å². The highest BCUT2D eigenvalue weighted by atomic mass is 16.2. The van der Waals surface area contributed by atoms with E-state index < -0.39 is 5.69 Å². The van der Waals surface area contributed by atoms with Crippen molar-refractivity contribution in [1.29, 1.82) is 0 Å². The molecule has 4 aliphatic heterocycles. The van der Waals surface area contributed by atoms with Crippen molar-refractivity contribution < 1.29 is 4.79 Å². The molecule has 7 nitrogen and oxygen atoms in total. The lowest BCUT2D eigenvalue weighted by Gasteiger charge is -2.55. The van der Waals surface area contributed by atoms with Crippen LogP contribution in [0.2, 0.25) is 0 Å². The van der Waals surface area contributed by atoms with Crippen LogP contribution in [-0.4, -0.2) is 71.0 Å². The number of amides is 1. The fourth-order valence-corrected chi connectivity index (χ4v) is 6.05. The Kier molecular flexibility index (Phi) is 4.23. The molecule has 4 bridgehead atoms. The maximum absolute atomic E-state index is 13.5. The minimum Gasteiger partial charge on any atom is -0.347 e. The topological polar surface area (TPSA) is 81.3 Å². The molecular formula is C24H25N5O2. The first kappa shape index (κ1) is 18.7. The summed E-state index contributed by atoms with van der Waals surface area (Å²) in [5.74, 6) is 0.0705. The van der Waals surface area contributed by atoms with E-state index >= 15 is 0 Å². The Morgan fingerprint density at radius 2 is 1.68 bits per heavy atom. The van der Waals surface area contributed by atoms with Crippen LogP contribution < -0.4 is 11.0 Å². The van der Waals surface area contributed by atoms with E-state index in [1.54, 1.807) is 6.07 Å². The van der Waals surface area contributed by atoms with E-state index in [0.717, 1.165) is 39.3 Å². The highest BCUT2D eigenvalue weighted by Gasteiger charge is 2.55. The summed E-state index contributed by atoms with van der Waals surface area (Å²) >= 11 is 0. The number of nitrogens with one attached hydrogen (secondary N) is 2. The normalized spacial score (nSPS) is 31.5. The number of piperidine rings is 2. The van der Waals surface area contributed by atoms with Gasteiger partial charge in [-0.25, -0.2) is 4.79 Å². The van der Waals surface area contributed by atoms with E-state index in [9.17, 15) is 9.59 Å². The Morgan fingerprint density at radius 1 is 1.00 bits per heavy atom. The van der Waals surface area contributed by atoms with Crippen LogP contribution in [0.1, 0.15) is 16.1 Å². The van der Waals surface area contributed by atoms with Crippen molar-refractivity contribution in [2.75, 3.05) is 39.3 Å². The number of H-pyrrole nitrogens is 1. The predicted molar refractivity (Wildman–Crippen MR) is 118 cm³/mol. The van der Waals surface area contributed by atoms with Crippen molar-refractivity contribution in [1.82, 2.24) is 25.1 Å². The maximum atomic E-state index is 13.5. The Morgan fingerprint density at radius 3 is 2.42 bits per heavy atom. The molecule has 3 aromatic rings. The highest BCUT2D eigenvalue weighted by Crippen LogP contribution is 2.43. The average molecular weight is 415 g/mol. The summed E-state index contributed by atoms with van der Waals surface area (Å²) in [5.41, 5.74) is 1.43. The van der Waals surface area contributed by atoms with Gasteiger partial charge in [-0.2, -0.15) is 4.98 Å². The molecule has 0 radical (unpaired) electrons. The fourth-order valence-electron chi connectivity index (χ4n) is 6.05. The van der Waals surface area contributed by atoms with Crippen LogP contribution in [0, 0.1) is 5.92 Å². The second-order valence-electron chi connectivity index (χ2n) is 9.14. The molecule has 4 aliphatic rings. The second kappa shape index (κ2) is 7.00. The van der Waals surface area contributed by atoms with Crippen LogP contribution in [0.4, 0.5) is 0 Å². The minimum absolute atomic E-state index is 0.00662. The summed E-state index contributed by atoms with van der Waals surface area (Å²) in [7, 11) is 0. The number of para-hydroxylation sites is 1. The van der Waals surface area contributed by atoms with E-state index in [-0.39, 0.29) is 23.1 Å². The van der Waals surface area contributed by atoms with Crippen LogP contribution in [0.15, 0.2) is 59.4 Å². The molecule has 3 unspecified atom stereocenters. The Balaban J connectivity index is 1.43. The van der Waals surface area contributed by atoms with Crippen molar-refractivity contribution in [2.45, 2.75) is 11.5 Å². The molecule has 4 saturated heterocycles. The first-order valence-corrected chi connectivity index (χ1v) is 10.9. The molecular weight excluding hydrogens is 390 g/mol. The third-order valence-electron chi connectivity index (χ3n) is 7.28. The summed E-state index contributed by atoms with van der Waals surface area (Å²) < 4.78 is 0. The molecule has 0 spiro atoms. The minimum atomic E-state index is -0.499. The van der Waals surface area contributed by atoms with Gasteiger partial charge in [0.15, 0.2) is 0 Å². The summed E-state index contributed by atoms with van der Waals surface area (Å²) in [6.07, 6.45) is 0. The lowest BCUT2D eigenvalue weighted by atomic mass is 9.64. The van der Waals surface area contributed by atoms with Gasteiger partial charge in [0.2, 0.25) is 0 Å². The third-order valence-corrected chi connectivity index (χ3v) is 7.28. The van der Waals surface area contributed by atoms with E-state index in [4.69, 9.17) is 0 Å². The molecule has 158 valence electrons. The van der Waals surface area contributed by atoms with Crippen molar-refractivity contribution in [3.63, 3.8) is 0 Å². The zero-order valence-electron chi connectivity index (χ0n) is 17.3. The average Bonchev–Trinajstić information content (AvgIpc) is 3.04. The van der Waals surface area contributed by atoms with E-state index in [1.807, 2.05) is 24.3 Å². The van der Waals surface area contributed by atoms with E-state index in [1.165, 1.54) is 5.56 Å². The molecule has 2 N–H and O–H groups in total. The number of aromatic nitrogens is 2. The third kappa shape index (κ3) is 2.99. The fraction of sp³-hybridized carbons (Fsp3) is 0.375. The van der Waals surface area contributed by atoms with Crippen molar-refractivity contribution in [2.24, 2.45) is 5.92 Å². The molecule has 2 aromatic carbocycles. The molecule has 5 heterocycles. The first-order chi connectivity index (χ1) is 15.1. The van der Waals surface area contributed by atoms with Gasteiger partial charge in [-0.15, -0.1) is 0 Å². The van der Waals surface area contributed by atoms with Gasteiger partial charge in [-0.1, -0.05) is 48.5 Å². The number of rotatable bonds is 3. The molecule has 3 atom stereocenters. The zero-order valence-corrected chi connectivity index (χ0v) is 17.3. The van der Waals surface area contributed by atoms with Gasteiger partial charge in [0, 0.05) is 62.0 Å². The quantitative estimate of drug-likeness (QED) is 0.672. The number of fused-ring (bicyclic) bond motifs is 2. The van der Waals surface area contributed by atoms with Crippen molar-refractivity contribution in [3.05, 3.63) is 76.3 Å². The van der Waals surface area contributed by atoms with Gasteiger partial charge in [0.25, 0.3) is 5.91 Å². The standard InChI is InChI=1S/C24H25N5O2/c30-22(20-18-8-4-5-9-19(18)25-23(31)26-20)27-21-16-12-28-10-11-29(13-16)15-24(21,14-28)17-6-2-1-3-7-17/h1-9,16,21H,10-15H2,(H,27,30)(H,25,26,31). The summed E-state index contributed by atoms with van der Waals surface area (Å²) in [4.78, 5) is 37.5. The van der Waals surface area contributed by atoms with E-state index in [0.29, 0.717) is 16.8 Å². The monoisotopic (exact) mass is 415 g/mol. The molecule has 0 saturated carbocycles. The van der Waals surface area contributed by atoms with Crippen LogP contribution in [0.25, 0.3) is 10.9 Å². The predicted octanol–water partition coefficient (Wildman–Crippen LogP) is 1.22. The largest absolute Gasteiger partial charge is 0.347 e. The number of carbonyl (C=O) groups excluding carboxylic acids is 1. The molecule has 0 aliphatic carbocycles. The van der Waals surface area contributed by atoms with Gasteiger partial charge >= 0.3 is 5.69 Å². The number of hydrogen-bond donors (Lipinski definition) is 2. The van der Waals surface area contributed by atoms with Gasteiger partial charge in [-0.05, 0) is 11.6 Å². The van der Waals surface area contributed by atoms with Gasteiger partial charge in [0.1, 0.15) is 5.69 Å². The molecule has 31 heavy (non-hydrogen) atoms. The summed E-state index contributed by atoms with van der Waals surface area (Å²) in [6, 6.07) is 17.9. The number of nitrogens with zero attached hydrogens (tertiary/aromatic N) is 3. The van der Waals surface area contributed by atoms with Gasteiger partial charge < -0.3 is 20.1 Å². The number of hydrogen-bond acceptors (Lipinski definition) is 5. The lowest BCUT2D eigenvalue weighted by Crippen LogP contribution is -2.70. The van der Waals surface area contributed by atoms with Crippen LogP contribution in [0.3, 0.4) is 0 Å². The zero-order chi connectivity index (χ0) is 21.0. The lowest BCUT2D eigenvalue weighted by molar-refractivity contribution is 0.0180. The molecule has 7 heteroatoms.